The minimum atomic E-state index is -0.673. The third-order valence-electron chi connectivity index (χ3n) is 2.76. The van der Waals surface area contributed by atoms with Crippen LogP contribution >= 0.6 is 0 Å². The van der Waals surface area contributed by atoms with Gasteiger partial charge in [0.15, 0.2) is 0 Å². The number of anilines is 1. The van der Waals surface area contributed by atoms with Crippen LogP contribution in [0.5, 0.6) is 0 Å². The van der Waals surface area contributed by atoms with Gasteiger partial charge in [0.2, 0.25) is 5.95 Å². The van der Waals surface area contributed by atoms with Crippen molar-refractivity contribution in [3.8, 4) is 0 Å². The molecule has 0 saturated carbocycles. The van der Waals surface area contributed by atoms with Gasteiger partial charge in [-0.3, -0.25) is 14.9 Å². The first-order valence-electron chi connectivity index (χ1n) is 5.83. The number of nitrogens with zero attached hydrogens (tertiary/aromatic N) is 4. The van der Waals surface area contributed by atoms with Crippen LogP contribution in [0.1, 0.15) is 6.42 Å². The Morgan fingerprint density at radius 2 is 2.22 bits per heavy atom. The molecule has 18 heavy (non-hydrogen) atoms. The molecule has 1 saturated heterocycles. The number of aromatic nitrogens is 3. The van der Waals surface area contributed by atoms with E-state index >= 15 is 0 Å². The summed E-state index contributed by atoms with van der Waals surface area (Å²) in [6, 6.07) is 0. The van der Waals surface area contributed by atoms with Gasteiger partial charge in [-0.25, -0.2) is 4.68 Å². The van der Waals surface area contributed by atoms with E-state index in [2.05, 4.69) is 20.7 Å². The Labute approximate surface area is 104 Å². The highest BCUT2D eigenvalue weighted by molar-refractivity contribution is 6.39. The van der Waals surface area contributed by atoms with Crippen molar-refractivity contribution < 1.29 is 9.59 Å². The molecule has 0 atom stereocenters. The number of aryl methyl sites for hydroxylation is 1. The first kappa shape index (κ1) is 12.5. The number of amides is 2. The summed E-state index contributed by atoms with van der Waals surface area (Å²) in [7, 11) is 1.64. The van der Waals surface area contributed by atoms with E-state index in [4.69, 9.17) is 0 Å². The highest BCUT2D eigenvalue weighted by atomic mass is 16.2. The lowest BCUT2D eigenvalue weighted by molar-refractivity contribution is -0.143. The van der Waals surface area contributed by atoms with Gasteiger partial charge in [-0.15, -0.1) is 0 Å². The molecule has 1 aliphatic rings. The lowest BCUT2D eigenvalue weighted by Crippen LogP contribution is -2.41. The van der Waals surface area contributed by atoms with E-state index in [1.165, 1.54) is 11.0 Å². The maximum atomic E-state index is 11.9. The molecule has 0 aromatic carbocycles. The zero-order valence-electron chi connectivity index (χ0n) is 10.2. The van der Waals surface area contributed by atoms with E-state index in [0.29, 0.717) is 19.6 Å². The molecule has 0 radical (unpaired) electrons. The van der Waals surface area contributed by atoms with E-state index in [1.54, 1.807) is 11.9 Å². The van der Waals surface area contributed by atoms with Gasteiger partial charge in [0.05, 0.1) is 0 Å². The van der Waals surface area contributed by atoms with Crippen LogP contribution in [-0.4, -0.2) is 57.7 Å². The highest BCUT2D eigenvalue weighted by Gasteiger charge is 2.23. The van der Waals surface area contributed by atoms with Crippen LogP contribution in [-0.2, 0) is 16.6 Å². The molecule has 1 aromatic heterocycles. The number of hydrogen-bond donors (Lipinski definition) is 2. The van der Waals surface area contributed by atoms with Gasteiger partial charge in [-0.1, -0.05) is 0 Å². The second-order valence-corrected chi connectivity index (χ2v) is 4.06. The lowest BCUT2D eigenvalue weighted by atomic mass is 10.3. The maximum Gasteiger partial charge on any atom is 0.316 e. The second-order valence-electron chi connectivity index (χ2n) is 4.06. The smallest absolute Gasteiger partial charge is 0.316 e. The van der Waals surface area contributed by atoms with Crippen molar-refractivity contribution in [1.29, 1.82) is 0 Å². The summed E-state index contributed by atoms with van der Waals surface area (Å²) in [6.45, 7) is 2.72. The Morgan fingerprint density at radius 3 is 2.94 bits per heavy atom. The molecule has 0 aliphatic carbocycles. The molecule has 1 aromatic rings. The summed E-state index contributed by atoms with van der Waals surface area (Å²) in [4.78, 5) is 29.1. The zero-order chi connectivity index (χ0) is 13.0. The zero-order valence-corrected chi connectivity index (χ0v) is 10.2. The molecule has 0 spiro atoms. The van der Waals surface area contributed by atoms with E-state index in [1.807, 2.05) is 0 Å². The molecule has 2 heterocycles. The molecule has 0 unspecified atom stereocenters. The highest BCUT2D eigenvalue weighted by Crippen LogP contribution is 2.01. The molecule has 8 nitrogen and oxygen atoms in total. The van der Waals surface area contributed by atoms with E-state index < -0.39 is 11.8 Å². The molecule has 2 amide bonds. The molecule has 0 bridgehead atoms. The standard InChI is InChI=1S/C10H16N6O2/c1-15-10(12-7-13-15)14-8(17)9(18)16-5-2-3-11-4-6-16/h7,11H,2-6H2,1H3,(H,12,13,14,17). The van der Waals surface area contributed by atoms with Gasteiger partial charge in [-0.2, -0.15) is 10.1 Å². The molecule has 8 heteroatoms. The summed E-state index contributed by atoms with van der Waals surface area (Å²) in [6.07, 6.45) is 2.17. The fourth-order valence-electron chi connectivity index (χ4n) is 1.76. The Kier molecular flexibility index (Phi) is 3.88. The number of carbonyl (C=O) groups is 2. The molecule has 2 rings (SSSR count). The van der Waals surface area contributed by atoms with Crippen LogP contribution in [0.2, 0.25) is 0 Å². The Balaban J connectivity index is 1.95. The second kappa shape index (κ2) is 5.58. The molecular weight excluding hydrogens is 236 g/mol. The quantitative estimate of drug-likeness (QED) is 0.598. The van der Waals surface area contributed by atoms with Crippen LogP contribution in [0, 0.1) is 0 Å². The largest absolute Gasteiger partial charge is 0.333 e. The average Bonchev–Trinajstić information content (AvgIpc) is 2.63. The van der Waals surface area contributed by atoms with Gasteiger partial charge < -0.3 is 10.2 Å². The minimum absolute atomic E-state index is 0.265. The Hall–Kier alpha value is -1.96. The Morgan fingerprint density at radius 1 is 1.39 bits per heavy atom. The molecule has 1 fully saturated rings. The molecular formula is C10H16N6O2. The summed E-state index contributed by atoms with van der Waals surface area (Å²) >= 11 is 0. The molecule has 1 aliphatic heterocycles. The average molecular weight is 252 g/mol. The monoisotopic (exact) mass is 252 g/mol. The number of rotatable bonds is 1. The topological polar surface area (TPSA) is 92.1 Å². The van der Waals surface area contributed by atoms with Crippen molar-refractivity contribution in [1.82, 2.24) is 25.0 Å². The van der Waals surface area contributed by atoms with Crippen molar-refractivity contribution in [3.63, 3.8) is 0 Å². The van der Waals surface area contributed by atoms with Crippen molar-refractivity contribution in [2.75, 3.05) is 31.5 Å². The number of nitrogens with one attached hydrogen (secondary N) is 2. The van der Waals surface area contributed by atoms with E-state index in [0.717, 1.165) is 13.0 Å². The first-order chi connectivity index (χ1) is 8.68. The predicted octanol–water partition coefficient (Wildman–Crippen LogP) is -1.42. The van der Waals surface area contributed by atoms with Crippen molar-refractivity contribution in [2.24, 2.45) is 7.05 Å². The van der Waals surface area contributed by atoms with Gasteiger partial charge >= 0.3 is 11.8 Å². The summed E-state index contributed by atoms with van der Waals surface area (Å²) in [5.41, 5.74) is 0. The van der Waals surface area contributed by atoms with Crippen molar-refractivity contribution >= 4 is 17.8 Å². The first-order valence-corrected chi connectivity index (χ1v) is 5.83. The normalized spacial score (nSPS) is 16.2. The molecule has 2 N–H and O–H groups in total. The van der Waals surface area contributed by atoms with Gasteiger partial charge in [0.25, 0.3) is 0 Å². The van der Waals surface area contributed by atoms with E-state index in [9.17, 15) is 9.59 Å². The third-order valence-corrected chi connectivity index (χ3v) is 2.76. The minimum Gasteiger partial charge on any atom is -0.333 e. The summed E-state index contributed by atoms with van der Waals surface area (Å²) in [5.74, 6) is -0.934. The van der Waals surface area contributed by atoms with Crippen LogP contribution < -0.4 is 10.6 Å². The number of carbonyl (C=O) groups excluding carboxylic acids is 2. The lowest BCUT2D eigenvalue weighted by Gasteiger charge is -2.18. The van der Waals surface area contributed by atoms with E-state index in [-0.39, 0.29) is 5.95 Å². The SMILES string of the molecule is Cn1ncnc1NC(=O)C(=O)N1CCCNCC1. The fraction of sp³-hybridized carbons (Fsp3) is 0.600. The van der Waals surface area contributed by atoms with Gasteiger partial charge in [-0.05, 0) is 13.0 Å². The van der Waals surface area contributed by atoms with Crippen LogP contribution in [0.4, 0.5) is 5.95 Å². The summed E-state index contributed by atoms with van der Waals surface area (Å²) < 4.78 is 1.40. The third kappa shape index (κ3) is 2.83. The van der Waals surface area contributed by atoms with Crippen LogP contribution in [0.25, 0.3) is 0 Å². The number of hydrogen-bond acceptors (Lipinski definition) is 5. The van der Waals surface area contributed by atoms with Crippen molar-refractivity contribution in [2.45, 2.75) is 6.42 Å². The van der Waals surface area contributed by atoms with Crippen molar-refractivity contribution in [3.05, 3.63) is 6.33 Å². The Bertz CT molecular complexity index is 435. The summed E-state index contributed by atoms with van der Waals surface area (Å²) in [5, 5.41) is 9.43. The predicted molar refractivity (Wildman–Crippen MR) is 63.7 cm³/mol. The van der Waals surface area contributed by atoms with Gasteiger partial charge in [0.1, 0.15) is 6.33 Å². The fourth-order valence-corrected chi connectivity index (χ4v) is 1.76. The maximum absolute atomic E-state index is 11.9. The van der Waals surface area contributed by atoms with Crippen LogP contribution in [0.15, 0.2) is 6.33 Å². The molecule has 98 valence electrons. The van der Waals surface area contributed by atoms with Gasteiger partial charge in [0, 0.05) is 26.7 Å². The van der Waals surface area contributed by atoms with Crippen LogP contribution in [0.3, 0.4) is 0 Å².